The Hall–Kier alpha value is -2.83. The molecule has 0 spiro atoms. The Balaban J connectivity index is 1.96. The fourth-order valence-electron chi connectivity index (χ4n) is 4.59. The largest absolute Gasteiger partial charge is 0.507 e. The highest BCUT2D eigenvalue weighted by Gasteiger charge is 2.43. The molecule has 1 aliphatic heterocycles. The maximum Gasteiger partial charge on any atom is 0.201 e. The number of aromatic hydroxyl groups is 2. The van der Waals surface area contributed by atoms with E-state index in [0.717, 1.165) is 16.7 Å². The van der Waals surface area contributed by atoms with Gasteiger partial charge in [0.15, 0.2) is 0 Å². The molecule has 1 heterocycles. The number of hydrogen-bond acceptors (Lipinski definition) is 6. The van der Waals surface area contributed by atoms with Gasteiger partial charge in [0.2, 0.25) is 5.78 Å². The van der Waals surface area contributed by atoms with E-state index in [1.54, 1.807) is 13.8 Å². The minimum atomic E-state index is -1.22. The number of hydrogen-bond donors (Lipinski definition) is 4. The van der Waals surface area contributed by atoms with Crippen LogP contribution in [-0.2, 0) is 12.8 Å². The van der Waals surface area contributed by atoms with Crippen LogP contribution in [0.2, 0.25) is 0 Å². The normalized spacial score (nSPS) is 19.4. The van der Waals surface area contributed by atoms with Gasteiger partial charge < -0.3 is 25.2 Å². The number of fused-ring (bicyclic) bond motifs is 4. The molecule has 0 fully saturated rings. The first-order valence-electron chi connectivity index (χ1n) is 10.4. The van der Waals surface area contributed by atoms with Crippen molar-refractivity contribution in [1.29, 1.82) is 0 Å². The van der Waals surface area contributed by atoms with E-state index in [1.165, 1.54) is 12.1 Å². The van der Waals surface area contributed by atoms with E-state index in [0.29, 0.717) is 35.3 Å². The highest BCUT2D eigenvalue weighted by atomic mass is 16.5. The van der Waals surface area contributed by atoms with E-state index in [4.69, 9.17) is 4.74 Å². The Kier molecular flexibility index (Phi) is 4.91. The molecule has 164 valence electrons. The molecule has 1 aliphatic carbocycles. The highest BCUT2D eigenvalue weighted by Crippen LogP contribution is 2.50. The summed E-state index contributed by atoms with van der Waals surface area (Å²) in [5, 5.41) is 43.2. The van der Waals surface area contributed by atoms with Gasteiger partial charge in [-0.1, -0.05) is 11.6 Å². The van der Waals surface area contributed by atoms with Crippen molar-refractivity contribution in [3.8, 4) is 17.2 Å². The van der Waals surface area contributed by atoms with Crippen LogP contribution in [0.3, 0.4) is 0 Å². The number of aliphatic hydroxyl groups is 2. The Morgan fingerprint density at radius 1 is 1.16 bits per heavy atom. The zero-order chi connectivity index (χ0) is 22.8. The van der Waals surface area contributed by atoms with E-state index in [2.05, 4.69) is 0 Å². The second kappa shape index (κ2) is 7.11. The van der Waals surface area contributed by atoms with Crippen LogP contribution >= 0.6 is 0 Å². The number of phenols is 2. The third-order valence-electron chi connectivity index (χ3n) is 6.26. The number of aliphatic hydroxyl groups excluding tert-OH is 1. The molecule has 0 saturated carbocycles. The monoisotopic (exact) mass is 424 g/mol. The van der Waals surface area contributed by atoms with Crippen molar-refractivity contribution in [2.24, 2.45) is 0 Å². The standard InChI is InChI=1S/C25H28O6/c1-11(2)6-7-13-12(3)8-15(26)21-19(13)23(28)20-14-9-18(25(4,5)30)31-17(14)10-16(27)22(20)24(21)29/h6,8,10,18,23,26-28,30H,7,9H2,1-5H3/t18-,23-/m1/s1. The van der Waals surface area contributed by atoms with Crippen LogP contribution in [0, 0.1) is 6.92 Å². The number of ketones is 1. The molecule has 2 aromatic carbocycles. The van der Waals surface area contributed by atoms with Crippen LogP contribution < -0.4 is 4.74 Å². The predicted molar refractivity (Wildman–Crippen MR) is 116 cm³/mol. The maximum atomic E-state index is 13.4. The molecule has 6 nitrogen and oxygen atoms in total. The number of aryl methyl sites for hydroxylation is 1. The fourth-order valence-corrected chi connectivity index (χ4v) is 4.59. The average Bonchev–Trinajstić information content (AvgIpc) is 3.07. The Morgan fingerprint density at radius 2 is 1.77 bits per heavy atom. The molecule has 0 saturated heterocycles. The molecule has 0 unspecified atom stereocenters. The molecule has 2 aromatic rings. The number of carbonyl (C=O) groups excluding carboxylic acids is 1. The van der Waals surface area contributed by atoms with Gasteiger partial charge in [-0.2, -0.15) is 0 Å². The van der Waals surface area contributed by atoms with Crippen molar-refractivity contribution < 1.29 is 30.0 Å². The molecule has 0 bridgehead atoms. The lowest BCUT2D eigenvalue weighted by molar-refractivity contribution is -0.0230. The third kappa shape index (κ3) is 3.30. The van der Waals surface area contributed by atoms with Crippen molar-refractivity contribution in [3.05, 3.63) is 62.7 Å². The first kappa shape index (κ1) is 21.4. The molecule has 31 heavy (non-hydrogen) atoms. The summed E-state index contributed by atoms with van der Waals surface area (Å²) in [6, 6.07) is 2.88. The molecular weight excluding hydrogens is 396 g/mol. The second-order valence-corrected chi connectivity index (χ2v) is 9.32. The van der Waals surface area contributed by atoms with Crippen LogP contribution in [0.4, 0.5) is 0 Å². The van der Waals surface area contributed by atoms with Gasteiger partial charge in [0.1, 0.15) is 29.5 Å². The van der Waals surface area contributed by atoms with Crippen LogP contribution in [0.15, 0.2) is 23.8 Å². The molecule has 6 heteroatoms. The van der Waals surface area contributed by atoms with Crippen LogP contribution in [-0.4, -0.2) is 37.9 Å². The van der Waals surface area contributed by atoms with E-state index in [1.807, 2.05) is 26.8 Å². The summed E-state index contributed by atoms with van der Waals surface area (Å²) in [5.74, 6) is -0.709. The Morgan fingerprint density at radius 3 is 2.39 bits per heavy atom. The van der Waals surface area contributed by atoms with Gasteiger partial charge in [-0.3, -0.25) is 4.79 Å². The van der Waals surface area contributed by atoms with Crippen molar-refractivity contribution in [3.63, 3.8) is 0 Å². The highest BCUT2D eigenvalue weighted by molar-refractivity contribution is 6.16. The molecule has 0 radical (unpaired) electrons. The van der Waals surface area contributed by atoms with Crippen molar-refractivity contribution in [2.75, 3.05) is 0 Å². The summed E-state index contributed by atoms with van der Waals surface area (Å²) in [5.41, 5.74) is 2.75. The molecule has 0 aromatic heterocycles. The van der Waals surface area contributed by atoms with Gasteiger partial charge in [-0.25, -0.2) is 0 Å². The number of rotatable bonds is 3. The Labute approximate surface area is 181 Å². The number of allylic oxidation sites excluding steroid dienone is 2. The maximum absolute atomic E-state index is 13.4. The van der Waals surface area contributed by atoms with Gasteiger partial charge >= 0.3 is 0 Å². The van der Waals surface area contributed by atoms with Crippen LogP contribution in [0.5, 0.6) is 17.2 Å². The van der Waals surface area contributed by atoms with E-state index < -0.39 is 23.6 Å². The zero-order valence-electron chi connectivity index (χ0n) is 18.4. The number of ether oxygens (including phenoxy) is 1. The second-order valence-electron chi connectivity index (χ2n) is 9.32. The van der Waals surface area contributed by atoms with Crippen molar-refractivity contribution in [1.82, 2.24) is 0 Å². The first-order chi connectivity index (χ1) is 14.4. The fraction of sp³-hybridized carbons (Fsp3) is 0.400. The SMILES string of the molecule is CC(C)=CCc1c(C)cc(O)c2c1[C@@H](O)c1c3c(cc(O)c1C2=O)O[C@@H](C(C)(C)O)C3. The summed E-state index contributed by atoms with van der Waals surface area (Å²) in [6.45, 7) is 9.04. The van der Waals surface area contributed by atoms with Gasteiger partial charge in [0.05, 0.1) is 16.7 Å². The lowest BCUT2D eigenvalue weighted by Crippen LogP contribution is -2.39. The number of carbonyl (C=O) groups is 1. The minimum Gasteiger partial charge on any atom is -0.507 e. The van der Waals surface area contributed by atoms with E-state index in [9.17, 15) is 25.2 Å². The topological polar surface area (TPSA) is 107 Å². The van der Waals surface area contributed by atoms with Gasteiger partial charge in [-0.05, 0) is 58.2 Å². The summed E-state index contributed by atoms with van der Waals surface area (Å²) < 4.78 is 5.86. The van der Waals surface area contributed by atoms with E-state index in [-0.39, 0.29) is 22.6 Å². The van der Waals surface area contributed by atoms with Gasteiger partial charge in [0.25, 0.3) is 0 Å². The smallest absolute Gasteiger partial charge is 0.201 e. The zero-order valence-corrected chi connectivity index (χ0v) is 18.4. The molecule has 0 amide bonds. The van der Waals surface area contributed by atoms with Gasteiger partial charge in [0, 0.05) is 29.2 Å². The quantitative estimate of drug-likeness (QED) is 0.561. The molecule has 2 aliphatic rings. The lowest BCUT2D eigenvalue weighted by Gasteiger charge is -2.29. The lowest BCUT2D eigenvalue weighted by atomic mass is 9.75. The number of benzene rings is 2. The molecular formula is C25H28O6. The number of phenolic OH excluding ortho intramolecular Hbond substituents is 2. The van der Waals surface area contributed by atoms with Gasteiger partial charge in [-0.15, -0.1) is 0 Å². The molecule has 4 rings (SSSR count). The molecule has 2 atom stereocenters. The average molecular weight is 424 g/mol. The van der Waals surface area contributed by atoms with Crippen molar-refractivity contribution >= 4 is 5.78 Å². The Bertz CT molecular complexity index is 1130. The summed E-state index contributed by atoms with van der Waals surface area (Å²) in [4.78, 5) is 13.4. The molecule has 4 N–H and O–H groups in total. The first-order valence-corrected chi connectivity index (χ1v) is 10.4. The minimum absolute atomic E-state index is 0.0222. The predicted octanol–water partition coefficient (Wildman–Crippen LogP) is 3.62. The van der Waals surface area contributed by atoms with E-state index >= 15 is 0 Å². The van der Waals surface area contributed by atoms with Crippen LogP contribution in [0.1, 0.15) is 77.5 Å². The summed E-state index contributed by atoms with van der Waals surface area (Å²) >= 11 is 0. The van der Waals surface area contributed by atoms with Crippen molar-refractivity contribution in [2.45, 2.75) is 65.3 Å². The third-order valence-corrected chi connectivity index (χ3v) is 6.26. The van der Waals surface area contributed by atoms with Crippen LogP contribution in [0.25, 0.3) is 0 Å². The summed E-state index contributed by atoms with van der Waals surface area (Å²) in [6.07, 6.45) is 1.00. The summed E-state index contributed by atoms with van der Waals surface area (Å²) in [7, 11) is 0.